The van der Waals surface area contributed by atoms with E-state index < -0.39 is 0 Å². The SMILES string of the molecule is Cc1nc(-c2cccs2)sc1C(=O)NCC(C)(C)c1ccc2c(c1)OCO2. The second-order valence-electron chi connectivity index (χ2n) is 7.05. The zero-order valence-electron chi connectivity index (χ0n) is 15.4. The quantitative estimate of drug-likeness (QED) is 0.679. The number of amides is 1. The fourth-order valence-corrected chi connectivity index (χ4v) is 4.69. The van der Waals surface area contributed by atoms with E-state index in [-0.39, 0.29) is 18.1 Å². The predicted octanol–water partition coefficient (Wildman–Crippen LogP) is 4.62. The van der Waals surface area contributed by atoms with Crippen molar-refractivity contribution in [1.82, 2.24) is 10.3 Å². The fraction of sp³-hybridized carbons (Fsp3) is 0.300. The Morgan fingerprint density at radius 3 is 2.85 bits per heavy atom. The summed E-state index contributed by atoms with van der Waals surface area (Å²) in [6, 6.07) is 9.94. The van der Waals surface area contributed by atoms with Gasteiger partial charge in [0.25, 0.3) is 5.91 Å². The number of ether oxygens (including phenoxy) is 2. The van der Waals surface area contributed by atoms with E-state index in [1.165, 1.54) is 11.3 Å². The molecule has 0 fully saturated rings. The molecule has 0 spiro atoms. The third-order valence-electron chi connectivity index (χ3n) is 4.58. The highest BCUT2D eigenvalue weighted by atomic mass is 32.1. The molecule has 0 atom stereocenters. The van der Waals surface area contributed by atoms with Gasteiger partial charge in [0.1, 0.15) is 9.88 Å². The molecule has 3 heterocycles. The summed E-state index contributed by atoms with van der Waals surface area (Å²) < 4.78 is 10.8. The molecule has 1 aromatic carbocycles. The molecule has 5 nitrogen and oxygen atoms in total. The van der Waals surface area contributed by atoms with Gasteiger partial charge in [-0.15, -0.1) is 22.7 Å². The van der Waals surface area contributed by atoms with Crippen molar-refractivity contribution in [2.24, 2.45) is 0 Å². The van der Waals surface area contributed by atoms with E-state index in [2.05, 4.69) is 24.1 Å². The Kier molecular flexibility index (Phi) is 4.65. The van der Waals surface area contributed by atoms with Crippen LogP contribution in [-0.4, -0.2) is 24.2 Å². The number of hydrogen-bond donors (Lipinski definition) is 1. The Morgan fingerprint density at radius 1 is 1.26 bits per heavy atom. The van der Waals surface area contributed by atoms with Crippen molar-refractivity contribution in [3.63, 3.8) is 0 Å². The van der Waals surface area contributed by atoms with Crippen LogP contribution in [0.1, 0.15) is 34.8 Å². The molecular formula is C20H20N2O3S2. The standard InChI is InChI=1S/C20H20N2O3S2/c1-12-17(27-19(22-12)16-5-4-8-26-16)18(23)21-10-20(2,3)13-6-7-14-15(9-13)25-11-24-14/h4-9H,10-11H2,1-3H3,(H,21,23). The minimum Gasteiger partial charge on any atom is -0.454 e. The number of thiazole rings is 1. The Balaban J connectivity index is 1.47. The molecule has 3 aromatic rings. The largest absolute Gasteiger partial charge is 0.454 e. The van der Waals surface area contributed by atoms with Gasteiger partial charge in [0.15, 0.2) is 11.5 Å². The van der Waals surface area contributed by atoms with Gasteiger partial charge in [-0.1, -0.05) is 26.0 Å². The number of benzene rings is 1. The van der Waals surface area contributed by atoms with Crippen LogP contribution in [0, 0.1) is 6.92 Å². The van der Waals surface area contributed by atoms with Crippen LogP contribution in [0.15, 0.2) is 35.7 Å². The zero-order chi connectivity index (χ0) is 19.0. The molecule has 0 unspecified atom stereocenters. The highest BCUT2D eigenvalue weighted by Crippen LogP contribution is 2.36. The molecule has 27 heavy (non-hydrogen) atoms. The first-order chi connectivity index (χ1) is 12.9. The monoisotopic (exact) mass is 400 g/mol. The van der Waals surface area contributed by atoms with Crippen molar-refractivity contribution in [2.45, 2.75) is 26.2 Å². The van der Waals surface area contributed by atoms with Gasteiger partial charge in [0.05, 0.1) is 10.6 Å². The van der Waals surface area contributed by atoms with E-state index in [9.17, 15) is 4.79 Å². The number of aromatic nitrogens is 1. The second kappa shape index (κ2) is 6.98. The van der Waals surface area contributed by atoms with Gasteiger partial charge >= 0.3 is 0 Å². The van der Waals surface area contributed by atoms with Crippen LogP contribution in [0.25, 0.3) is 9.88 Å². The third-order valence-corrected chi connectivity index (χ3v) is 6.77. The molecule has 0 bridgehead atoms. The third kappa shape index (κ3) is 3.57. The lowest BCUT2D eigenvalue weighted by Crippen LogP contribution is -2.36. The van der Waals surface area contributed by atoms with Gasteiger partial charge in [0.2, 0.25) is 6.79 Å². The van der Waals surface area contributed by atoms with E-state index in [4.69, 9.17) is 9.47 Å². The van der Waals surface area contributed by atoms with Crippen molar-refractivity contribution >= 4 is 28.6 Å². The van der Waals surface area contributed by atoms with E-state index >= 15 is 0 Å². The zero-order valence-corrected chi connectivity index (χ0v) is 17.0. The molecule has 1 amide bonds. The maximum Gasteiger partial charge on any atom is 0.263 e. The topological polar surface area (TPSA) is 60.5 Å². The van der Waals surface area contributed by atoms with Crippen LogP contribution in [-0.2, 0) is 5.41 Å². The highest BCUT2D eigenvalue weighted by Gasteiger charge is 2.26. The predicted molar refractivity (Wildman–Crippen MR) is 108 cm³/mol. The van der Waals surface area contributed by atoms with Crippen LogP contribution in [0.3, 0.4) is 0 Å². The Morgan fingerprint density at radius 2 is 2.07 bits per heavy atom. The molecule has 140 valence electrons. The van der Waals surface area contributed by atoms with E-state index in [1.807, 2.05) is 42.6 Å². The van der Waals surface area contributed by atoms with Gasteiger partial charge in [-0.3, -0.25) is 4.79 Å². The smallest absolute Gasteiger partial charge is 0.263 e. The lowest BCUT2D eigenvalue weighted by Gasteiger charge is -2.25. The lowest BCUT2D eigenvalue weighted by atomic mass is 9.84. The van der Waals surface area contributed by atoms with Crippen LogP contribution in [0.4, 0.5) is 0 Å². The van der Waals surface area contributed by atoms with Crippen LogP contribution < -0.4 is 14.8 Å². The number of fused-ring (bicyclic) bond motifs is 1. The van der Waals surface area contributed by atoms with Crippen LogP contribution in [0.5, 0.6) is 11.5 Å². The second-order valence-corrected chi connectivity index (χ2v) is 8.99. The van der Waals surface area contributed by atoms with E-state index in [0.29, 0.717) is 11.4 Å². The molecule has 1 aliphatic heterocycles. The van der Waals surface area contributed by atoms with Crippen LogP contribution in [0.2, 0.25) is 0 Å². The van der Waals surface area contributed by atoms with Crippen LogP contribution >= 0.6 is 22.7 Å². The maximum atomic E-state index is 12.7. The number of carbonyl (C=O) groups is 1. The van der Waals surface area contributed by atoms with Gasteiger partial charge in [-0.25, -0.2) is 4.98 Å². The first-order valence-corrected chi connectivity index (χ1v) is 10.3. The molecule has 7 heteroatoms. The highest BCUT2D eigenvalue weighted by molar-refractivity contribution is 7.22. The number of thiophene rings is 1. The molecule has 0 radical (unpaired) electrons. The van der Waals surface area contributed by atoms with E-state index in [1.54, 1.807) is 11.3 Å². The average molecular weight is 401 g/mol. The molecule has 4 rings (SSSR count). The number of nitrogens with zero attached hydrogens (tertiary/aromatic N) is 1. The summed E-state index contributed by atoms with van der Waals surface area (Å²) in [5.74, 6) is 1.44. The molecule has 1 aliphatic rings. The number of rotatable bonds is 5. The minimum atomic E-state index is -0.244. The lowest BCUT2D eigenvalue weighted by molar-refractivity contribution is 0.0949. The van der Waals surface area contributed by atoms with Gasteiger partial charge in [-0.05, 0) is 36.1 Å². The summed E-state index contributed by atoms with van der Waals surface area (Å²) in [5, 5.41) is 5.97. The van der Waals surface area contributed by atoms with Gasteiger partial charge in [0, 0.05) is 12.0 Å². The van der Waals surface area contributed by atoms with E-state index in [0.717, 1.165) is 32.6 Å². The van der Waals surface area contributed by atoms with Crippen molar-refractivity contribution in [1.29, 1.82) is 0 Å². The van der Waals surface area contributed by atoms with Crippen molar-refractivity contribution < 1.29 is 14.3 Å². The number of carbonyl (C=O) groups excluding carboxylic acids is 1. The molecule has 0 saturated carbocycles. The summed E-state index contributed by atoms with van der Waals surface area (Å²) >= 11 is 3.07. The summed E-state index contributed by atoms with van der Waals surface area (Å²) in [6.07, 6.45) is 0. The first-order valence-electron chi connectivity index (χ1n) is 8.64. The Labute approximate surface area is 166 Å². The number of nitrogens with one attached hydrogen (secondary N) is 1. The Bertz CT molecular complexity index is 977. The summed E-state index contributed by atoms with van der Waals surface area (Å²) in [7, 11) is 0. The normalized spacial score (nSPS) is 13.0. The average Bonchev–Trinajstić information content (AvgIpc) is 3.38. The first kappa shape index (κ1) is 18.0. The van der Waals surface area contributed by atoms with Crippen molar-refractivity contribution in [3.8, 4) is 21.4 Å². The minimum absolute atomic E-state index is 0.0818. The van der Waals surface area contributed by atoms with Crippen molar-refractivity contribution in [2.75, 3.05) is 13.3 Å². The molecule has 0 aliphatic carbocycles. The van der Waals surface area contributed by atoms with Gasteiger partial charge in [-0.2, -0.15) is 0 Å². The maximum absolute atomic E-state index is 12.7. The van der Waals surface area contributed by atoms with Gasteiger partial charge < -0.3 is 14.8 Å². The summed E-state index contributed by atoms with van der Waals surface area (Å²) in [4.78, 5) is 19.0. The molecular weight excluding hydrogens is 380 g/mol. The molecule has 0 saturated heterocycles. The summed E-state index contributed by atoms with van der Waals surface area (Å²) in [6.45, 7) is 6.85. The number of hydrogen-bond acceptors (Lipinski definition) is 6. The number of aryl methyl sites for hydroxylation is 1. The van der Waals surface area contributed by atoms with Crippen molar-refractivity contribution in [3.05, 3.63) is 51.8 Å². The summed E-state index contributed by atoms with van der Waals surface area (Å²) in [5.41, 5.74) is 1.61. The Hall–Kier alpha value is -2.38. The molecule has 2 aromatic heterocycles. The molecule has 1 N–H and O–H groups in total. The fourth-order valence-electron chi connectivity index (χ4n) is 2.91.